The van der Waals surface area contributed by atoms with Crippen LogP contribution in [0.2, 0.25) is 0 Å². The first-order chi connectivity index (χ1) is 12.5. The van der Waals surface area contributed by atoms with E-state index in [9.17, 15) is 9.90 Å². The summed E-state index contributed by atoms with van der Waals surface area (Å²) in [5, 5.41) is 12.9. The second-order valence-electron chi connectivity index (χ2n) is 6.70. The maximum absolute atomic E-state index is 12.3. The number of pyridine rings is 1. The highest BCUT2D eigenvalue weighted by Crippen LogP contribution is 2.18. The van der Waals surface area contributed by atoms with Gasteiger partial charge in [0.05, 0.1) is 23.9 Å². The van der Waals surface area contributed by atoms with E-state index < -0.39 is 6.10 Å². The number of hydrogen-bond donors (Lipinski definition) is 2. The van der Waals surface area contributed by atoms with E-state index in [0.29, 0.717) is 5.56 Å². The van der Waals surface area contributed by atoms with E-state index in [4.69, 9.17) is 4.74 Å². The molecular formula is C20H25N3O3. The number of ether oxygens (including phenoxy) is 1. The molecule has 1 saturated heterocycles. The Bertz CT molecular complexity index is 711. The summed E-state index contributed by atoms with van der Waals surface area (Å²) < 4.78 is 5.73. The molecule has 0 spiro atoms. The van der Waals surface area contributed by atoms with E-state index in [0.717, 1.165) is 24.5 Å². The van der Waals surface area contributed by atoms with E-state index >= 15 is 0 Å². The van der Waals surface area contributed by atoms with Gasteiger partial charge in [0, 0.05) is 25.8 Å². The van der Waals surface area contributed by atoms with Gasteiger partial charge in [0.2, 0.25) is 0 Å². The van der Waals surface area contributed by atoms with Crippen molar-refractivity contribution in [2.45, 2.75) is 32.2 Å². The van der Waals surface area contributed by atoms with Crippen LogP contribution in [0, 0.1) is 0 Å². The Kier molecular flexibility index (Phi) is 5.85. The van der Waals surface area contributed by atoms with Crippen molar-refractivity contribution < 1.29 is 14.6 Å². The topological polar surface area (TPSA) is 74.7 Å². The smallest absolute Gasteiger partial charge is 0.252 e. The van der Waals surface area contributed by atoms with Gasteiger partial charge >= 0.3 is 0 Å². The van der Waals surface area contributed by atoms with E-state index in [2.05, 4.69) is 15.2 Å². The number of rotatable bonds is 5. The zero-order valence-electron chi connectivity index (χ0n) is 15.1. The van der Waals surface area contributed by atoms with Crippen LogP contribution in [0.15, 0.2) is 48.7 Å². The number of benzene rings is 1. The summed E-state index contributed by atoms with van der Waals surface area (Å²) in [6, 6.07) is 12.9. The SMILES string of the molecule is C[C@@H]1CN(c2ccc(C(=O)NC[C@@H](O)c3ccccc3)cn2)C[C@@H](C)O1. The van der Waals surface area contributed by atoms with Crippen molar-refractivity contribution in [1.82, 2.24) is 10.3 Å². The van der Waals surface area contributed by atoms with Crippen LogP contribution in [0.1, 0.15) is 35.9 Å². The molecule has 2 heterocycles. The molecule has 1 fully saturated rings. The number of nitrogens with one attached hydrogen (secondary N) is 1. The van der Waals surface area contributed by atoms with Crippen LogP contribution >= 0.6 is 0 Å². The van der Waals surface area contributed by atoms with Gasteiger partial charge in [-0.1, -0.05) is 30.3 Å². The van der Waals surface area contributed by atoms with Crippen molar-refractivity contribution in [2.24, 2.45) is 0 Å². The lowest BCUT2D eigenvalue weighted by molar-refractivity contribution is -0.00546. The predicted octanol–water partition coefficient (Wildman–Crippen LogP) is 2.16. The summed E-state index contributed by atoms with van der Waals surface area (Å²) in [6.07, 6.45) is 1.15. The van der Waals surface area contributed by atoms with Crippen LogP contribution in [0.4, 0.5) is 5.82 Å². The number of carbonyl (C=O) groups excluding carboxylic acids is 1. The number of anilines is 1. The van der Waals surface area contributed by atoms with Gasteiger partial charge in [-0.3, -0.25) is 4.79 Å². The van der Waals surface area contributed by atoms with Gasteiger partial charge in [0.1, 0.15) is 5.82 Å². The molecule has 1 aliphatic rings. The third kappa shape index (κ3) is 4.59. The highest BCUT2D eigenvalue weighted by Gasteiger charge is 2.23. The van der Waals surface area contributed by atoms with Crippen molar-refractivity contribution in [3.8, 4) is 0 Å². The zero-order chi connectivity index (χ0) is 18.5. The van der Waals surface area contributed by atoms with Gasteiger partial charge in [0.25, 0.3) is 5.91 Å². The first-order valence-corrected chi connectivity index (χ1v) is 8.90. The molecule has 2 N–H and O–H groups in total. The fraction of sp³-hybridized carbons (Fsp3) is 0.400. The normalized spacial score (nSPS) is 21.3. The van der Waals surface area contributed by atoms with Crippen LogP contribution in [0.25, 0.3) is 0 Å². The Labute approximate surface area is 153 Å². The van der Waals surface area contributed by atoms with Gasteiger partial charge in [-0.05, 0) is 31.5 Å². The molecule has 0 saturated carbocycles. The summed E-state index contributed by atoms with van der Waals surface area (Å²) in [7, 11) is 0. The number of carbonyl (C=O) groups is 1. The number of hydrogen-bond acceptors (Lipinski definition) is 5. The van der Waals surface area contributed by atoms with Gasteiger partial charge < -0.3 is 20.1 Å². The molecule has 0 unspecified atom stereocenters. The predicted molar refractivity (Wildman–Crippen MR) is 100 cm³/mol. The minimum atomic E-state index is -0.733. The molecule has 138 valence electrons. The minimum Gasteiger partial charge on any atom is -0.387 e. The monoisotopic (exact) mass is 355 g/mol. The molecule has 0 radical (unpaired) electrons. The molecule has 6 nitrogen and oxygen atoms in total. The van der Waals surface area contributed by atoms with Crippen LogP contribution in [0.3, 0.4) is 0 Å². The average molecular weight is 355 g/mol. The van der Waals surface area contributed by atoms with Crippen LogP contribution < -0.4 is 10.2 Å². The average Bonchev–Trinajstić information content (AvgIpc) is 2.66. The molecular weight excluding hydrogens is 330 g/mol. The third-order valence-electron chi connectivity index (χ3n) is 4.39. The van der Waals surface area contributed by atoms with Crippen LogP contribution in [-0.4, -0.2) is 47.8 Å². The van der Waals surface area contributed by atoms with Gasteiger partial charge in [0.15, 0.2) is 0 Å². The van der Waals surface area contributed by atoms with Gasteiger partial charge in [-0.25, -0.2) is 4.98 Å². The van der Waals surface area contributed by atoms with Gasteiger partial charge in [-0.2, -0.15) is 0 Å². The second kappa shape index (κ2) is 8.29. The molecule has 3 rings (SSSR count). The highest BCUT2D eigenvalue weighted by molar-refractivity contribution is 5.94. The number of aliphatic hydroxyl groups is 1. The van der Waals surface area contributed by atoms with E-state index in [-0.39, 0.29) is 24.7 Å². The first kappa shape index (κ1) is 18.4. The Morgan fingerprint density at radius 3 is 2.54 bits per heavy atom. The van der Waals surface area contributed by atoms with Crippen LogP contribution in [-0.2, 0) is 4.74 Å². The standard InChI is InChI=1S/C20H25N3O3/c1-14-12-23(13-15(2)26-14)19-9-8-17(10-21-19)20(25)22-11-18(24)16-6-4-3-5-7-16/h3-10,14-15,18,24H,11-13H2,1-2H3,(H,22,25)/t14-,15-,18-/m1/s1. The van der Waals surface area contributed by atoms with E-state index in [1.807, 2.05) is 50.2 Å². The lowest BCUT2D eigenvalue weighted by atomic mass is 10.1. The summed E-state index contributed by atoms with van der Waals surface area (Å²) in [6.45, 7) is 5.81. The fourth-order valence-electron chi connectivity index (χ4n) is 3.16. The second-order valence-corrected chi connectivity index (χ2v) is 6.70. The van der Waals surface area contributed by atoms with Crippen molar-refractivity contribution in [2.75, 3.05) is 24.5 Å². The minimum absolute atomic E-state index is 0.156. The molecule has 26 heavy (non-hydrogen) atoms. The molecule has 2 aromatic rings. The number of aliphatic hydroxyl groups excluding tert-OH is 1. The van der Waals surface area contributed by atoms with E-state index in [1.165, 1.54) is 0 Å². The summed E-state index contributed by atoms with van der Waals surface area (Å²) >= 11 is 0. The number of morpholine rings is 1. The van der Waals surface area contributed by atoms with Crippen molar-refractivity contribution in [3.63, 3.8) is 0 Å². The molecule has 1 aromatic heterocycles. The number of aromatic nitrogens is 1. The van der Waals surface area contributed by atoms with Crippen molar-refractivity contribution >= 4 is 11.7 Å². The Balaban J connectivity index is 1.57. The summed E-state index contributed by atoms with van der Waals surface area (Å²) in [5.74, 6) is 0.593. The lowest BCUT2D eigenvalue weighted by Gasteiger charge is -2.36. The Morgan fingerprint density at radius 2 is 1.92 bits per heavy atom. The fourth-order valence-corrected chi connectivity index (χ4v) is 3.16. The highest BCUT2D eigenvalue weighted by atomic mass is 16.5. The molecule has 1 aromatic carbocycles. The molecule has 1 amide bonds. The third-order valence-corrected chi connectivity index (χ3v) is 4.39. The molecule has 0 bridgehead atoms. The molecule has 0 aliphatic carbocycles. The number of amides is 1. The molecule has 6 heteroatoms. The lowest BCUT2D eigenvalue weighted by Crippen LogP contribution is -2.45. The molecule has 1 aliphatic heterocycles. The molecule has 3 atom stereocenters. The zero-order valence-corrected chi connectivity index (χ0v) is 15.1. The maximum Gasteiger partial charge on any atom is 0.252 e. The quantitative estimate of drug-likeness (QED) is 0.860. The van der Waals surface area contributed by atoms with Crippen molar-refractivity contribution in [3.05, 3.63) is 59.8 Å². The van der Waals surface area contributed by atoms with Crippen molar-refractivity contribution in [1.29, 1.82) is 0 Å². The maximum atomic E-state index is 12.3. The first-order valence-electron chi connectivity index (χ1n) is 8.90. The van der Waals surface area contributed by atoms with Gasteiger partial charge in [-0.15, -0.1) is 0 Å². The number of nitrogens with zero attached hydrogens (tertiary/aromatic N) is 2. The Hall–Kier alpha value is -2.44. The summed E-state index contributed by atoms with van der Waals surface area (Å²) in [5.41, 5.74) is 1.25. The van der Waals surface area contributed by atoms with E-state index in [1.54, 1.807) is 12.3 Å². The largest absolute Gasteiger partial charge is 0.387 e. The summed E-state index contributed by atoms with van der Waals surface area (Å²) in [4.78, 5) is 18.9. The van der Waals surface area contributed by atoms with Crippen LogP contribution in [0.5, 0.6) is 0 Å². The Morgan fingerprint density at radius 1 is 1.23 bits per heavy atom.